The smallest absolute Gasteiger partial charge is 0.264 e. The van der Waals surface area contributed by atoms with Crippen LogP contribution in [0.3, 0.4) is 0 Å². The van der Waals surface area contributed by atoms with E-state index in [1.54, 1.807) is 6.92 Å². The van der Waals surface area contributed by atoms with Gasteiger partial charge in [-0.3, -0.25) is 4.79 Å². The van der Waals surface area contributed by atoms with Gasteiger partial charge < -0.3 is 4.74 Å². The first kappa shape index (κ1) is 16.9. The highest BCUT2D eigenvalue weighted by atomic mass is 32.2. The molecule has 1 aromatic heterocycles. The maximum atomic E-state index is 13.1. The van der Waals surface area contributed by atoms with E-state index in [1.165, 1.54) is 37.4 Å². The van der Waals surface area contributed by atoms with Crippen LogP contribution in [0.15, 0.2) is 36.4 Å². The molecule has 0 saturated carbocycles. The summed E-state index contributed by atoms with van der Waals surface area (Å²) in [5, 5.41) is 0. The monoisotopic (exact) mass is 338 g/mol. The molecule has 1 amide bonds. The summed E-state index contributed by atoms with van der Waals surface area (Å²) in [5.41, 5.74) is 0.864. The number of nitrogens with one attached hydrogen (secondary N) is 1. The van der Waals surface area contributed by atoms with Crippen molar-refractivity contribution in [1.82, 2.24) is 9.71 Å². The molecule has 1 N–H and O–H groups in total. The number of carbonyl (C=O) groups is 1. The standard InChI is InChI=1S/C15H15FN2O4S/c1-10-6-12(8-14(17-10)22-2)15(19)18-23(20,21)9-11-4-3-5-13(16)7-11/h3-8H,9H2,1-2H3,(H,18,19). The Kier molecular flexibility index (Phi) is 4.95. The Morgan fingerprint density at radius 1 is 1.30 bits per heavy atom. The first-order valence-corrected chi connectivity index (χ1v) is 8.26. The van der Waals surface area contributed by atoms with Gasteiger partial charge in [-0.1, -0.05) is 12.1 Å². The predicted octanol–water partition coefficient (Wildman–Crippen LogP) is 1.80. The van der Waals surface area contributed by atoms with E-state index in [9.17, 15) is 17.6 Å². The molecule has 0 radical (unpaired) electrons. The highest BCUT2D eigenvalue weighted by molar-refractivity contribution is 7.89. The first-order valence-electron chi connectivity index (χ1n) is 6.61. The molecule has 8 heteroatoms. The Morgan fingerprint density at radius 3 is 2.70 bits per heavy atom. The predicted molar refractivity (Wildman–Crippen MR) is 82.0 cm³/mol. The van der Waals surface area contributed by atoms with Crippen LogP contribution in [0.25, 0.3) is 0 Å². The number of pyridine rings is 1. The molecule has 0 aliphatic heterocycles. The van der Waals surface area contributed by atoms with Crippen LogP contribution in [0.4, 0.5) is 4.39 Å². The Labute approximate surface area is 133 Å². The zero-order valence-electron chi connectivity index (χ0n) is 12.5. The highest BCUT2D eigenvalue weighted by Gasteiger charge is 2.18. The van der Waals surface area contributed by atoms with Crippen LogP contribution in [0.2, 0.25) is 0 Å². The SMILES string of the molecule is COc1cc(C(=O)NS(=O)(=O)Cc2cccc(F)c2)cc(C)n1. The minimum absolute atomic E-state index is 0.108. The number of ether oxygens (including phenoxy) is 1. The minimum atomic E-state index is -3.96. The summed E-state index contributed by atoms with van der Waals surface area (Å²) < 4.78 is 44.0. The number of nitrogens with zero attached hydrogens (tertiary/aromatic N) is 1. The van der Waals surface area contributed by atoms with E-state index >= 15 is 0 Å². The first-order chi connectivity index (χ1) is 10.8. The Balaban J connectivity index is 2.17. The van der Waals surface area contributed by atoms with Crippen LogP contribution in [-0.4, -0.2) is 26.4 Å². The Bertz CT molecular complexity index is 837. The number of benzene rings is 1. The summed E-state index contributed by atoms with van der Waals surface area (Å²) in [5.74, 6) is -1.64. The number of rotatable bonds is 5. The van der Waals surface area contributed by atoms with Crippen LogP contribution < -0.4 is 9.46 Å². The van der Waals surface area contributed by atoms with Crippen LogP contribution in [0, 0.1) is 12.7 Å². The van der Waals surface area contributed by atoms with Crippen molar-refractivity contribution < 1.29 is 22.3 Å². The average molecular weight is 338 g/mol. The Morgan fingerprint density at radius 2 is 2.04 bits per heavy atom. The highest BCUT2D eigenvalue weighted by Crippen LogP contribution is 2.13. The number of methoxy groups -OCH3 is 1. The van der Waals surface area contributed by atoms with Crippen LogP contribution in [0.5, 0.6) is 5.88 Å². The molecule has 2 rings (SSSR count). The van der Waals surface area contributed by atoms with Gasteiger partial charge in [-0.05, 0) is 30.7 Å². The average Bonchev–Trinajstić information content (AvgIpc) is 2.45. The van der Waals surface area contributed by atoms with E-state index in [0.29, 0.717) is 5.69 Å². The summed E-state index contributed by atoms with van der Waals surface area (Å²) in [6, 6.07) is 7.95. The summed E-state index contributed by atoms with van der Waals surface area (Å²) >= 11 is 0. The second-order valence-electron chi connectivity index (χ2n) is 4.86. The lowest BCUT2D eigenvalue weighted by Crippen LogP contribution is -2.31. The summed E-state index contributed by atoms with van der Waals surface area (Å²) in [7, 11) is -2.57. The normalized spacial score (nSPS) is 11.1. The maximum Gasteiger partial charge on any atom is 0.264 e. The van der Waals surface area contributed by atoms with Crippen LogP contribution >= 0.6 is 0 Å². The largest absolute Gasteiger partial charge is 0.481 e. The van der Waals surface area contributed by atoms with Gasteiger partial charge in [0.25, 0.3) is 5.91 Å². The molecule has 0 atom stereocenters. The van der Waals surface area contributed by atoms with Gasteiger partial charge in [0.15, 0.2) is 0 Å². The molecule has 6 nitrogen and oxygen atoms in total. The van der Waals surface area contributed by atoms with Gasteiger partial charge in [0.05, 0.1) is 12.9 Å². The van der Waals surface area contributed by atoms with Gasteiger partial charge in [-0.2, -0.15) is 0 Å². The van der Waals surface area contributed by atoms with Crippen LogP contribution in [-0.2, 0) is 15.8 Å². The number of halogens is 1. The molecule has 0 saturated heterocycles. The number of hydrogen-bond donors (Lipinski definition) is 1. The van der Waals surface area contributed by atoms with Gasteiger partial charge in [0.2, 0.25) is 15.9 Å². The van der Waals surface area contributed by atoms with Crippen molar-refractivity contribution in [2.45, 2.75) is 12.7 Å². The fourth-order valence-corrected chi connectivity index (χ4v) is 3.05. The number of amides is 1. The second-order valence-corrected chi connectivity index (χ2v) is 6.58. The maximum absolute atomic E-state index is 13.1. The second kappa shape index (κ2) is 6.74. The molecular weight excluding hydrogens is 323 g/mol. The van der Waals surface area contributed by atoms with Gasteiger partial charge in [-0.15, -0.1) is 0 Å². The van der Waals surface area contributed by atoms with E-state index in [-0.39, 0.29) is 17.0 Å². The molecule has 0 spiro atoms. The lowest BCUT2D eigenvalue weighted by Gasteiger charge is -2.09. The molecule has 0 fully saturated rings. The Hall–Kier alpha value is -2.48. The number of hydrogen-bond acceptors (Lipinski definition) is 5. The fourth-order valence-electron chi connectivity index (χ4n) is 1.96. The third kappa shape index (κ3) is 4.75. The summed E-state index contributed by atoms with van der Waals surface area (Å²) in [6.07, 6.45) is 0. The molecule has 1 heterocycles. The number of aryl methyl sites for hydroxylation is 1. The molecule has 23 heavy (non-hydrogen) atoms. The molecule has 0 bridgehead atoms. The van der Waals surface area contributed by atoms with Crippen molar-refractivity contribution in [3.05, 3.63) is 59.0 Å². The molecule has 0 aliphatic carbocycles. The number of aromatic nitrogens is 1. The van der Waals surface area contributed by atoms with E-state index < -0.39 is 27.5 Å². The topological polar surface area (TPSA) is 85.4 Å². The van der Waals surface area contributed by atoms with E-state index in [4.69, 9.17) is 4.74 Å². The summed E-state index contributed by atoms with van der Waals surface area (Å²) in [4.78, 5) is 16.1. The molecule has 0 unspecified atom stereocenters. The third-order valence-corrected chi connectivity index (χ3v) is 4.10. The van der Waals surface area contributed by atoms with Gasteiger partial charge >= 0.3 is 0 Å². The molecule has 2 aromatic rings. The minimum Gasteiger partial charge on any atom is -0.481 e. The molecule has 1 aromatic carbocycles. The molecular formula is C15H15FN2O4S. The molecule has 122 valence electrons. The van der Waals surface area contributed by atoms with E-state index in [0.717, 1.165) is 6.07 Å². The van der Waals surface area contributed by atoms with Crippen molar-refractivity contribution >= 4 is 15.9 Å². The van der Waals surface area contributed by atoms with Gasteiger partial charge in [0.1, 0.15) is 5.82 Å². The van der Waals surface area contributed by atoms with Gasteiger partial charge in [0, 0.05) is 17.3 Å². The zero-order chi connectivity index (χ0) is 17.0. The van der Waals surface area contributed by atoms with Crippen molar-refractivity contribution in [2.24, 2.45) is 0 Å². The van der Waals surface area contributed by atoms with Crippen molar-refractivity contribution in [1.29, 1.82) is 0 Å². The van der Waals surface area contributed by atoms with Crippen LogP contribution in [0.1, 0.15) is 21.6 Å². The van der Waals surface area contributed by atoms with Crippen molar-refractivity contribution in [3.8, 4) is 5.88 Å². The van der Waals surface area contributed by atoms with E-state index in [1.807, 2.05) is 4.72 Å². The van der Waals surface area contributed by atoms with Gasteiger partial charge in [-0.25, -0.2) is 22.5 Å². The van der Waals surface area contributed by atoms with Crippen molar-refractivity contribution in [2.75, 3.05) is 7.11 Å². The zero-order valence-corrected chi connectivity index (χ0v) is 13.4. The van der Waals surface area contributed by atoms with Crippen molar-refractivity contribution in [3.63, 3.8) is 0 Å². The molecule has 0 aliphatic rings. The quantitative estimate of drug-likeness (QED) is 0.898. The fraction of sp³-hybridized carbons (Fsp3) is 0.200. The number of carbonyl (C=O) groups excluding carboxylic acids is 1. The third-order valence-electron chi connectivity index (χ3n) is 2.90. The lowest BCUT2D eigenvalue weighted by molar-refractivity contribution is 0.0980. The number of sulfonamides is 1. The lowest BCUT2D eigenvalue weighted by atomic mass is 10.2. The van der Waals surface area contributed by atoms with E-state index in [2.05, 4.69) is 4.98 Å². The summed E-state index contributed by atoms with van der Waals surface area (Å²) in [6.45, 7) is 1.65.